The number of aromatic nitrogens is 2. The highest BCUT2D eigenvalue weighted by Crippen LogP contribution is 2.27. The van der Waals surface area contributed by atoms with E-state index in [2.05, 4.69) is 10.2 Å². The Kier molecular flexibility index (Phi) is 4.95. The van der Waals surface area contributed by atoms with Crippen molar-refractivity contribution in [3.63, 3.8) is 0 Å². The fourth-order valence-corrected chi connectivity index (χ4v) is 2.26. The number of hydrogen-bond donors (Lipinski definition) is 2. The summed E-state index contributed by atoms with van der Waals surface area (Å²) in [7, 11) is 1.51. The molecule has 0 unspecified atom stereocenters. The fourth-order valence-electron chi connectivity index (χ4n) is 2.26. The van der Waals surface area contributed by atoms with E-state index in [0.717, 1.165) is 22.5 Å². The Hall–Kier alpha value is -3.34. The van der Waals surface area contributed by atoms with Crippen molar-refractivity contribution in [1.29, 1.82) is 0 Å². The van der Waals surface area contributed by atoms with E-state index in [1.54, 1.807) is 30.3 Å². The number of methoxy groups -OCH3 is 1. The smallest absolute Gasteiger partial charge is 0.161 e. The van der Waals surface area contributed by atoms with E-state index < -0.39 is 0 Å². The number of phenolic OH excluding ortho intramolecular Hbond substituents is 1. The number of aromatic hydroxyl groups is 1. The summed E-state index contributed by atoms with van der Waals surface area (Å²) in [5.41, 5.74) is 3.41. The molecule has 2 N–H and O–H groups in total. The van der Waals surface area contributed by atoms with Crippen LogP contribution < -0.4 is 4.74 Å². The Morgan fingerprint density at radius 2 is 1.68 bits per heavy atom. The molecule has 0 saturated carbocycles. The minimum Gasteiger partial charge on any atom is -0.504 e. The number of nitrogens with one attached hydrogen (secondary N) is 1. The molecule has 0 fully saturated rings. The first kappa shape index (κ1) is 16.5. The van der Waals surface area contributed by atoms with Gasteiger partial charge in [0.05, 0.1) is 18.5 Å². The first-order valence-corrected chi connectivity index (χ1v) is 7.68. The van der Waals surface area contributed by atoms with Crippen molar-refractivity contribution in [2.45, 2.75) is 0 Å². The lowest BCUT2D eigenvalue weighted by Gasteiger charge is -2.03. The Bertz CT molecular complexity index is 912. The van der Waals surface area contributed by atoms with E-state index in [9.17, 15) is 9.50 Å². The summed E-state index contributed by atoms with van der Waals surface area (Å²) in [6.07, 6.45) is 7.50. The van der Waals surface area contributed by atoms with Crippen LogP contribution in [0.4, 0.5) is 4.39 Å². The van der Waals surface area contributed by atoms with E-state index in [-0.39, 0.29) is 11.6 Å². The van der Waals surface area contributed by atoms with Crippen LogP contribution in [0.5, 0.6) is 11.5 Å². The van der Waals surface area contributed by atoms with Gasteiger partial charge in [0.1, 0.15) is 5.82 Å². The van der Waals surface area contributed by atoms with Gasteiger partial charge in [-0.3, -0.25) is 5.10 Å². The minimum atomic E-state index is -0.254. The predicted molar refractivity (Wildman–Crippen MR) is 97.5 cm³/mol. The topological polar surface area (TPSA) is 58.1 Å². The van der Waals surface area contributed by atoms with E-state index in [1.165, 1.54) is 19.2 Å². The summed E-state index contributed by atoms with van der Waals surface area (Å²) in [5.74, 6) is 0.277. The number of hydrogen-bond acceptors (Lipinski definition) is 3. The van der Waals surface area contributed by atoms with Crippen LogP contribution >= 0.6 is 0 Å². The monoisotopic (exact) mass is 336 g/mol. The molecule has 25 heavy (non-hydrogen) atoms. The van der Waals surface area contributed by atoms with Gasteiger partial charge in [-0.1, -0.05) is 30.4 Å². The molecule has 0 saturated heterocycles. The van der Waals surface area contributed by atoms with Crippen LogP contribution in [0.2, 0.25) is 0 Å². The second-order valence-corrected chi connectivity index (χ2v) is 5.40. The van der Waals surface area contributed by atoms with Crippen LogP contribution in [0.25, 0.3) is 24.3 Å². The van der Waals surface area contributed by atoms with Crippen LogP contribution in [0.15, 0.2) is 48.5 Å². The molecule has 2 aromatic carbocycles. The molecule has 0 aliphatic carbocycles. The lowest BCUT2D eigenvalue weighted by Crippen LogP contribution is -1.84. The molecule has 1 heterocycles. The van der Waals surface area contributed by atoms with Crippen LogP contribution in [0, 0.1) is 5.82 Å². The SMILES string of the molecule is COc1cc(C=Cc2cc(/C=C/c3ccc(F)cc3)n[nH]2)ccc1O. The van der Waals surface area contributed by atoms with E-state index in [1.807, 2.05) is 30.4 Å². The quantitative estimate of drug-likeness (QED) is 0.716. The summed E-state index contributed by atoms with van der Waals surface area (Å²) in [6.45, 7) is 0. The first-order valence-electron chi connectivity index (χ1n) is 7.68. The number of benzene rings is 2. The zero-order valence-corrected chi connectivity index (χ0v) is 13.6. The second-order valence-electron chi connectivity index (χ2n) is 5.40. The van der Waals surface area contributed by atoms with Gasteiger partial charge in [-0.25, -0.2) is 4.39 Å². The third kappa shape index (κ3) is 4.35. The highest BCUT2D eigenvalue weighted by molar-refractivity contribution is 5.72. The van der Waals surface area contributed by atoms with Crippen molar-refractivity contribution < 1.29 is 14.2 Å². The highest BCUT2D eigenvalue weighted by atomic mass is 19.1. The van der Waals surface area contributed by atoms with Crippen LogP contribution in [0.3, 0.4) is 0 Å². The van der Waals surface area contributed by atoms with Crippen molar-refractivity contribution >= 4 is 24.3 Å². The first-order chi connectivity index (χ1) is 12.1. The lowest BCUT2D eigenvalue weighted by molar-refractivity contribution is 0.373. The molecule has 5 heteroatoms. The van der Waals surface area contributed by atoms with Gasteiger partial charge in [0.2, 0.25) is 0 Å². The Morgan fingerprint density at radius 3 is 2.44 bits per heavy atom. The van der Waals surface area contributed by atoms with E-state index in [0.29, 0.717) is 5.75 Å². The minimum absolute atomic E-state index is 0.106. The molecule has 0 amide bonds. The molecule has 0 atom stereocenters. The maximum Gasteiger partial charge on any atom is 0.161 e. The van der Waals surface area contributed by atoms with Gasteiger partial charge >= 0.3 is 0 Å². The van der Waals surface area contributed by atoms with Crippen molar-refractivity contribution in [3.05, 3.63) is 76.9 Å². The summed E-state index contributed by atoms with van der Waals surface area (Å²) in [4.78, 5) is 0. The number of H-pyrrole nitrogens is 1. The zero-order valence-electron chi connectivity index (χ0n) is 13.6. The van der Waals surface area contributed by atoms with E-state index in [4.69, 9.17) is 4.74 Å². The second kappa shape index (κ2) is 7.49. The Labute approximate surface area is 144 Å². The van der Waals surface area contributed by atoms with Gasteiger partial charge in [0.25, 0.3) is 0 Å². The number of aromatic amines is 1. The zero-order chi connectivity index (χ0) is 17.6. The summed E-state index contributed by atoms with van der Waals surface area (Å²) < 4.78 is 18.0. The van der Waals surface area contributed by atoms with Crippen molar-refractivity contribution in [3.8, 4) is 11.5 Å². The van der Waals surface area contributed by atoms with Crippen LogP contribution in [0.1, 0.15) is 22.5 Å². The average Bonchev–Trinajstić information content (AvgIpc) is 3.08. The third-order valence-electron chi connectivity index (χ3n) is 3.59. The number of phenols is 1. The standard InChI is InChI=1S/C20H17FN2O2/c1-25-20-12-15(6-11-19(20)24)5-10-18-13-17(22-23-18)9-4-14-2-7-16(21)8-3-14/h2-13,24H,1H3,(H,22,23)/b9-4+,10-5?. The molecule has 1 aromatic heterocycles. The van der Waals surface area contributed by atoms with Gasteiger partial charge in [-0.05, 0) is 53.6 Å². The van der Waals surface area contributed by atoms with Crippen molar-refractivity contribution in [2.24, 2.45) is 0 Å². The largest absolute Gasteiger partial charge is 0.504 e. The highest BCUT2D eigenvalue weighted by Gasteiger charge is 2.01. The van der Waals surface area contributed by atoms with Gasteiger partial charge in [0.15, 0.2) is 11.5 Å². The maximum atomic E-state index is 12.9. The number of nitrogens with zero attached hydrogens (tertiary/aromatic N) is 1. The number of ether oxygens (including phenoxy) is 1. The molecule has 3 aromatic rings. The molecule has 4 nitrogen and oxygen atoms in total. The third-order valence-corrected chi connectivity index (χ3v) is 3.59. The average molecular weight is 336 g/mol. The Morgan fingerprint density at radius 1 is 0.960 bits per heavy atom. The van der Waals surface area contributed by atoms with Gasteiger partial charge in [-0.2, -0.15) is 5.10 Å². The fraction of sp³-hybridized carbons (Fsp3) is 0.0500. The molecule has 126 valence electrons. The molecular formula is C20H17FN2O2. The molecule has 0 aliphatic rings. The van der Waals surface area contributed by atoms with Gasteiger partial charge < -0.3 is 9.84 Å². The van der Waals surface area contributed by atoms with Crippen LogP contribution in [-0.4, -0.2) is 22.4 Å². The van der Waals surface area contributed by atoms with Crippen molar-refractivity contribution in [1.82, 2.24) is 10.2 Å². The molecule has 3 rings (SSSR count). The summed E-state index contributed by atoms with van der Waals surface area (Å²) in [6, 6.07) is 13.3. The number of rotatable bonds is 5. The maximum absolute atomic E-state index is 12.9. The summed E-state index contributed by atoms with van der Waals surface area (Å²) in [5, 5.41) is 16.7. The molecule has 0 spiro atoms. The molecule has 0 bridgehead atoms. The molecular weight excluding hydrogens is 319 g/mol. The van der Waals surface area contributed by atoms with E-state index >= 15 is 0 Å². The molecule has 0 aliphatic heterocycles. The van der Waals surface area contributed by atoms with Crippen LogP contribution in [-0.2, 0) is 0 Å². The molecule has 0 radical (unpaired) electrons. The van der Waals surface area contributed by atoms with Gasteiger partial charge in [-0.15, -0.1) is 0 Å². The number of halogens is 1. The summed E-state index contributed by atoms with van der Waals surface area (Å²) >= 11 is 0. The normalized spacial score (nSPS) is 11.4. The Balaban J connectivity index is 1.70. The lowest BCUT2D eigenvalue weighted by atomic mass is 10.1. The predicted octanol–water partition coefficient (Wildman–Crippen LogP) is 4.60. The van der Waals surface area contributed by atoms with Crippen molar-refractivity contribution in [2.75, 3.05) is 7.11 Å². The van der Waals surface area contributed by atoms with Gasteiger partial charge in [0, 0.05) is 0 Å².